The minimum atomic E-state index is -4.91. The Bertz CT molecular complexity index is 1300. The fourth-order valence-electron chi connectivity index (χ4n) is 3.22. The Balaban J connectivity index is 1.88. The van der Waals surface area contributed by atoms with Gasteiger partial charge < -0.3 is 25.9 Å². The van der Waals surface area contributed by atoms with Gasteiger partial charge in [0.2, 0.25) is 17.9 Å². The predicted octanol–water partition coefficient (Wildman–Crippen LogP) is 3.33. The second kappa shape index (κ2) is 11.8. The van der Waals surface area contributed by atoms with E-state index in [-0.39, 0.29) is 28.6 Å². The average Bonchev–Trinajstić information content (AvgIpc) is 2.81. The lowest BCUT2D eigenvalue weighted by molar-refractivity contribution is -0.198. The minimum Gasteiger partial charge on any atom is -0.750 e. The van der Waals surface area contributed by atoms with Crippen LogP contribution in [0.5, 0.6) is 5.88 Å². The van der Waals surface area contributed by atoms with Crippen LogP contribution in [0.2, 0.25) is 5.02 Å². The van der Waals surface area contributed by atoms with Gasteiger partial charge in [0.05, 0.1) is 23.7 Å². The molecule has 2 aromatic carbocycles. The Morgan fingerprint density at radius 2 is 1.78 bits per heavy atom. The lowest BCUT2D eigenvalue weighted by Gasteiger charge is -2.23. The molecule has 15 heteroatoms. The van der Waals surface area contributed by atoms with Crippen molar-refractivity contribution < 1.29 is 40.8 Å². The van der Waals surface area contributed by atoms with E-state index in [2.05, 4.69) is 14.2 Å². The first-order chi connectivity index (χ1) is 17.3. The van der Waals surface area contributed by atoms with Gasteiger partial charge in [0, 0.05) is 22.2 Å². The molecular weight excluding hydrogens is 541 g/mol. The summed E-state index contributed by atoms with van der Waals surface area (Å²) in [6.45, 7) is -0.416. The molecule has 0 saturated carbocycles. The van der Waals surface area contributed by atoms with Crippen molar-refractivity contribution in [3.8, 4) is 17.1 Å². The quantitative estimate of drug-likeness (QED) is 0.312. The average molecular weight is 560 g/mol. The first kappa shape index (κ1) is 28.3. The van der Waals surface area contributed by atoms with Crippen molar-refractivity contribution in [3.63, 3.8) is 0 Å². The van der Waals surface area contributed by atoms with Crippen molar-refractivity contribution in [2.75, 3.05) is 5.73 Å². The molecule has 0 bridgehead atoms. The van der Waals surface area contributed by atoms with Crippen LogP contribution in [0.25, 0.3) is 11.3 Å². The summed E-state index contributed by atoms with van der Waals surface area (Å²) < 4.78 is 72.5. The Kier molecular flexibility index (Phi) is 9.04. The highest BCUT2D eigenvalue weighted by Gasteiger charge is 2.44. The van der Waals surface area contributed by atoms with E-state index >= 15 is 0 Å². The van der Waals surface area contributed by atoms with Gasteiger partial charge in [0.15, 0.2) is 0 Å². The van der Waals surface area contributed by atoms with Crippen molar-refractivity contribution in [3.05, 3.63) is 70.2 Å². The van der Waals surface area contributed by atoms with Gasteiger partial charge in [0.1, 0.15) is 6.04 Å². The number of hydrogen-bond acceptors (Lipinski definition) is 9. The van der Waals surface area contributed by atoms with Crippen molar-refractivity contribution >= 4 is 34.9 Å². The number of carboxylic acid groups (broad SMARTS) is 1. The van der Waals surface area contributed by atoms with Crippen LogP contribution in [0, 0.1) is 0 Å². The number of halogens is 4. The molecule has 5 N–H and O–H groups in total. The number of aromatic nitrogens is 2. The molecule has 0 aliphatic heterocycles. The number of rotatable bonds is 10. The Labute approximate surface area is 215 Å². The third kappa shape index (κ3) is 7.84. The third-order valence-electron chi connectivity index (χ3n) is 4.95. The maximum absolute atomic E-state index is 13.9. The van der Waals surface area contributed by atoms with Crippen molar-refractivity contribution in [2.24, 2.45) is 5.73 Å². The highest BCUT2D eigenvalue weighted by atomic mass is 35.5. The van der Waals surface area contributed by atoms with Gasteiger partial charge in [-0.1, -0.05) is 48.0 Å². The van der Waals surface area contributed by atoms with E-state index in [1.54, 1.807) is 24.3 Å². The van der Waals surface area contributed by atoms with E-state index in [1.807, 2.05) is 0 Å². The standard InChI is InChI=1S/C22H20ClF3N4O6S/c23-15-7-12(10-35-37(33)34)3-6-14(15)19(22(24,25)26)36-18-9-17(29-21(28)30-18)13-4-1-11(2-5-13)8-16(27)20(31)32/h1-7,9,16,19H,8,10,27H2,(H,31,32)(H,33,34)(H2,28,29,30)/p-1/t16-,19?/m0/s1. The van der Waals surface area contributed by atoms with Crippen molar-refractivity contribution in [1.29, 1.82) is 0 Å². The summed E-state index contributed by atoms with van der Waals surface area (Å²) in [7, 11) is 0. The third-order valence-corrected chi connectivity index (χ3v) is 5.59. The molecule has 1 aromatic heterocycles. The predicted molar refractivity (Wildman–Crippen MR) is 126 cm³/mol. The van der Waals surface area contributed by atoms with E-state index < -0.39 is 53.7 Å². The summed E-state index contributed by atoms with van der Waals surface area (Å²) in [4.78, 5) is 18.7. The van der Waals surface area contributed by atoms with Gasteiger partial charge in [-0.05, 0) is 23.6 Å². The molecule has 198 valence electrons. The monoisotopic (exact) mass is 559 g/mol. The summed E-state index contributed by atoms with van der Waals surface area (Å²) >= 11 is 3.24. The smallest absolute Gasteiger partial charge is 0.429 e. The maximum atomic E-state index is 13.9. The summed E-state index contributed by atoms with van der Waals surface area (Å²) in [5.41, 5.74) is 12.2. The lowest BCUT2D eigenvalue weighted by Crippen LogP contribution is -2.32. The first-order valence-electron chi connectivity index (χ1n) is 10.3. The topological polar surface area (TPSA) is 174 Å². The van der Waals surface area contributed by atoms with Crippen LogP contribution >= 0.6 is 11.6 Å². The molecule has 3 atom stereocenters. The molecule has 10 nitrogen and oxygen atoms in total. The van der Waals surface area contributed by atoms with E-state index in [0.717, 1.165) is 18.2 Å². The molecule has 0 aliphatic carbocycles. The second-order valence-corrected chi connectivity index (χ2v) is 8.71. The van der Waals surface area contributed by atoms with E-state index in [9.17, 15) is 26.7 Å². The molecule has 0 saturated heterocycles. The van der Waals surface area contributed by atoms with E-state index in [4.69, 9.17) is 32.9 Å². The zero-order chi connectivity index (χ0) is 27.3. The zero-order valence-electron chi connectivity index (χ0n) is 18.6. The molecular formula is C22H19ClF3N4O6S-. The van der Waals surface area contributed by atoms with Gasteiger partial charge in [-0.2, -0.15) is 18.2 Å². The Morgan fingerprint density at radius 1 is 1.14 bits per heavy atom. The summed E-state index contributed by atoms with van der Waals surface area (Å²) in [5, 5.41) is 8.60. The number of nitrogen functional groups attached to an aromatic ring is 1. The SMILES string of the molecule is Nc1nc(OC(c2ccc(COS(=O)[O-])cc2Cl)C(F)(F)F)cc(-c2ccc(C[C@H](N)C(=O)O)cc2)n1. The number of carbonyl (C=O) groups is 1. The van der Waals surface area contributed by atoms with Crippen molar-refractivity contribution in [2.45, 2.75) is 31.3 Å². The number of alkyl halides is 3. The van der Waals surface area contributed by atoms with Crippen LogP contribution in [-0.2, 0) is 33.4 Å². The first-order valence-corrected chi connectivity index (χ1v) is 11.7. The number of aliphatic carboxylic acids is 1. The normalized spacial score (nSPS) is 14.1. The number of nitrogens with two attached hydrogens (primary N) is 2. The molecule has 0 spiro atoms. The molecule has 1 heterocycles. The molecule has 3 aromatic rings. The fourth-order valence-corrected chi connectivity index (χ4v) is 3.76. The molecule has 0 amide bonds. The molecule has 2 unspecified atom stereocenters. The number of nitrogens with zero attached hydrogens (tertiary/aromatic N) is 2. The van der Waals surface area contributed by atoms with Crippen molar-refractivity contribution in [1.82, 2.24) is 9.97 Å². The number of carboxylic acids is 1. The summed E-state index contributed by atoms with van der Waals surface area (Å²) in [6.07, 6.45) is -7.38. The van der Waals surface area contributed by atoms with Crippen LogP contribution in [-0.4, -0.2) is 42.0 Å². The Morgan fingerprint density at radius 3 is 2.35 bits per heavy atom. The summed E-state index contributed by atoms with van der Waals surface area (Å²) in [5.74, 6) is -1.99. The Hall–Kier alpha value is -3.30. The number of ether oxygens (including phenoxy) is 1. The van der Waals surface area contributed by atoms with E-state index in [0.29, 0.717) is 11.1 Å². The van der Waals surface area contributed by atoms with Gasteiger partial charge in [-0.15, -0.1) is 0 Å². The van der Waals surface area contributed by atoms with Gasteiger partial charge >= 0.3 is 12.1 Å². The van der Waals surface area contributed by atoms with E-state index in [1.165, 1.54) is 6.07 Å². The molecule has 0 fully saturated rings. The lowest BCUT2D eigenvalue weighted by atomic mass is 10.0. The van der Waals surface area contributed by atoms with Crippen LogP contribution in [0.15, 0.2) is 48.5 Å². The van der Waals surface area contributed by atoms with Gasteiger partial charge in [-0.3, -0.25) is 8.98 Å². The highest BCUT2D eigenvalue weighted by molar-refractivity contribution is 7.74. The molecule has 37 heavy (non-hydrogen) atoms. The molecule has 0 aliphatic rings. The largest absolute Gasteiger partial charge is 0.750 e. The van der Waals surface area contributed by atoms with Crippen LogP contribution < -0.4 is 16.2 Å². The number of benzene rings is 2. The maximum Gasteiger partial charge on any atom is 0.429 e. The highest BCUT2D eigenvalue weighted by Crippen LogP contribution is 2.40. The molecule has 0 radical (unpaired) electrons. The van der Waals surface area contributed by atoms with Crippen LogP contribution in [0.1, 0.15) is 22.8 Å². The molecule has 3 rings (SSSR count). The number of hydrogen-bond donors (Lipinski definition) is 3. The van der Waals surface area contributed by atoms with Crippen LogP contribution in [0.4, 0.5) is 19.1 Å². The second-order valence-electron chi connectivity index (χ2n) is 7.66. The zero-order valence-corrected chi connectivity index (χ0v) is 20.2. The van der Waals surface area contributed by atoms with Crippen LogP contribution in [0.3, 0.4) is 0 Å². The summed E-state index contributed by atoms with van der Waals surface area (Å²) in [6, 6.07) is 9.80. The van der Waals surface area contributed by atoms with Gasteiger partial charge in [-0.25, -0.2) is 9.19 Å². The fraction of sp³-hybridized carbons (Fsp3) is 0.227. The van der Waals surface area contributed by atoms with Gasteiger partial charge in [0.25, 0.3) is 0 Å². The minimum absolute atomic E-state index is 0.0730. The number of anilines is 1.